The van der Waals surface area contributed by atoms with Crippen LogP contribution < -0.4 is 10.2 Å². The summed E-state index contributed by atoms with van der Waals surface area (Å²) in [5, 5.41) is 3.17. The highest BCUT2D eigenvalue weighted by atomic mass is 15.2. The molecule has 1 aromatic rings. The van der Waals surface area contributed by atoms with Crippen LogP contribution in [0.15, 0.2) is 12.1 Å². The molecule has 0 bridgehead atoms. The summed E-state index contributed by atoms with van der Waals surface area (Å²) in [6, 6.07) is 4.24. The molecule has 0 radical (unpaired) electrons. The van der Waals surface area contributed by atoms with E-state index in [1.54, 1.807) is 0 Å². The van der Waals surface area contributed by atoms with Gasteiger partial charge in [0.25, 0.3) is 0 Å². The van der Waals surface area contributed by atoms with Crippen molar-refractivity contribution in [2.45, 2.75) is 32.7 Å². The molecule has 0 saturated heterocycles. The highest BCUT2D eigenvalue weighted by molar-refractivity contribution is 5.44. The summed E-state index contributed by atoms with van der Waals surface area (Å²) < 4.78 is 0. The lowest BCUT2D eigenvalue weighted by molar-refractivity contribution is 0.567. The van der Waals surface area contributed by atoms with Crippen molar-refractivity contribution in [2.75, 3.05) is 25.5 Å². The van der Waals surface area contributed by atoms with Crippen molar-refractivity contribution in [3.05, 3.63) is 23.4 Å². The number of nitrogens with one attached hydrogen (secondary N) is 1. The number of rotatable bonds is 4. The quantitative estimate of drug-likeness (QED) is 0.824. The maximum absolute atomic E-state index is 5.36. The lowest BCUT2D eigenvalue weighted by Crippen LogP contribution is -2.22. The smallest absolute Gasteiger partial charge is 0.129 e. The van der Waals surface area contributed by atoms with E-state index in [1.165, 1.54) is 5.56 Å². The molecule has 1 rings (SSSR count). The van der Waals surface area contributed by atoms with Crippen LogP contribution in [0.5, 0.6) is 0 Å². The van der Waals surface area contributed by atoms with Gasteiger partial charge in [0.1, 0.15) is 5.82 Å². The van der Waals surface area contributed by atoms with Gasteiger partial charge in [-0.2, -0.15) is 0 Å². The molecule has 0 amide bonds. The number of nitrogens with zero attached hydrogens (tertiary/aromatic N) is 2. The fourth-order valence-electron chi connectivity index (χ4n) is 1.67. The van der Waals surface area contributed by atoms with Crippen molar-refractivity contribution in [1.82, 2.24) is 10.3 Å². The van der Waals surface area contributed by atoms with Gasteiger partial charge in [0, 0.05) is 24.7 Å². The Bertz CT molecular complexity index is 438. The molecule has 0 fully saturated rings. The lowest BCUT2D eigenvalue weighted by Gasteiger charge is -2.23. The molecule has 1 N–H and O–H groups in total. The van der Waals surface area contributed by atoms with Crippen molar-refractivity contribution < 1.29 is 0 Å². The largest absolute Gasteiger partial charge is 0.349 e. The van der Waals surface area contributed by atoms with Gasteiger partial charge in [-0.05, 0) is 24.7 Å². The fraction of sp³-hybridized carbons (Fsp3) is 0.533. The Labute approximate surface area is 111 Å². The Morgan fingerprint density at radius 2 is 2.06 bits per heavy atom. The van der Waals surface area contributed by atoms with Crippen molar-refractivity contribution >= 4 is 5.82 Å². The molecule has 3 heteroatoms. The van der Waals surface area contributed by atoms with Crippen LogP contribution >= 0.6 is 0 Å². The third-order valence-electron chi connectivity index (χ3n) is 2.74. The molecule has 3 nitrogen and oxygen atoms in total. The molecule has 0 spiro atoms. The molecule has 18 heavy (non-hydrogen) atoms. The highest BCUT2D eigenvalue weighted by Crippen LogP contribution is 2.24. The summed E-state index contributed by atoms with van der Waals surface area (Å²) in [5.41, 5.74) is 2.36. The first kappa shape index (κ1) is 14.5. The fourth-order valence-corrected chi connectivity index (χ4v) is 1.67. The monoisotopic (exact) mass is 245 g/mol. The molecule has 0 atom stereocenters. The second kappa shape index (κ2) is 5.88. The van der Waals surface area contributed by atoms with Gasteiger partial charge in [-0.15, -0.1) is 6.42 Å². The van der Waals surface area contributed by atoms with E-state index in [4.69, 9.17) is 11.4 Å². The van der Waals surface area contributed by atoms with E-state index in [9.17, 15) is 0 Å². The minimum absolute atomic E-state index is 0.0372. The molecule has 1 aromatic heterocycles. The normalized spacial score (nSPS) is 11.1. The van der Waals surface area contributed by atoms with Crippen molar-refractivity contribution in [1.29, 1.82) is 0 Å². The first-order chi connectivity index (χ1) is 8.38. The van der Waals surface area contributed by atoms with Crippen LogP contribution in [0.3, 0.4) is 0 Å². The van der Waals surface area contributed by atoms with Crippen molar-refractivity contribution in [3.63, 3.8) is 0 Å². The van der Waals surface area contributed by atoms with Crippen molar-refractivity contribution in [3.8, 4) is 12.3 Å². The van der Waals surface area contributed by atoms with Crippen LogP contribution in [0.2, 0.25) is 0 Å². The molecule has 0 aliphatic heterocycles. The summed E-state index contributed by atoms with van der Waals surface area (Å²) in [6.07, 6.45) is 5.36. The summed E-state index contributed by atoms with van der Waals surface area (Å²) in [7, 11) is 3.92. The van der Waals surface area contributed by atoms with Crippen LogP contribution in [0.25, 0.3) is 0 Å². The van der Waals surface area contributed by atoms with E-state index in [0.717, 1.165) is 18.1 Å². The number of aromatic nitrogens is 1. The molecule has 0 aromatic carbocycles. The van der Waals surface area contributed by atoms with Gasteiger partial charge in [0.2, 0.25) is 0 Å². The van der Waals surface area contributed by atoms with E-state index < -0.39 is 0 Å². The zero-order valence-corrected chi connectivity index (χ0v) is 12.0. The average Bonchev–Trinajstić information content (AvgIpc) is 2.28. The molecule has 1 heterocycles. The number of hydrogen-bond acceptors (Lipinski definition) is 3. The van der Waals surface area contributed by atoms with E-state index in [1.807, 2.05) is 19.0 Å². The predicted octanol–water partition coefficient (Wildman–Crippen LogP) is 2.17. The average molecular weight is 245 g/mol. The van der Waals surface area contributed by atoms with Gasteiger partial charge in [-0.1, -0.05) is 26.7 Å². The Morgan fingerprint density at radius 1 is 1.39 bits per heavy atom. The van der Waals surface area contributed by atoms with Gasteiger partial charge >= 0.3 is 0 Å². The first-order valence-corrected chi connectivity index (χ1v) is 6.19. The number of terminal acetylenes is 1. The van der Waals surface area contributed by atoms with Crippen LogP contribution in [-0.2, 0) is 12.0 Å². The summed E-state index contributed by atoms with van der Waals surface area (Å²) in [6.45, 7) is 7.92. The van der Waals surface area contributed by atoms with Crippen LogP contribution in [0.4, 0.5) is 5.82 Å². The molecule has 0 aliphatic rings. The molecule has 0 unspecified atom stereocenters. The zero-order valence-electron chi connectivity index (χ0n) is 12.0. The number of pyridine rings is 1. The van der Waals surface area contributed by atoms with Gasteiger partial charge in [0.15, 0.2) is 0 Å². The van der Waals surface area contributed by atoms with Gasteiger partial charge in [0.05, 0.1) is 6.54 Å². The minimum atomic E-state index is 0.0372. The minimum Gasteiger partial charge on any atom is -0.349 e. The maximum atomic E-state index is 5.36. The molecular weight excluding hydrogens is 222 g/mol. The van der Waals surface area contributed by atoms with E-state index in [2.05, 4.69) is 44.1 Å². The molecular formula is C15H23N3. The molecule has 98 valence electrons. The number of hydrogen-bond donors (Lipinski definition) is 1. The van der Waals surface area contributed by atoms with Crippen LogP contribution in [-0.4, -0.2) is 25.6 Å². The predicted molar refractivity (Wildman–Crippen MR) is 77.8 cm³/mol. The van der Waals surface area contributed by atoms with Crippen LogP contribution in [0.1, 0.15) is 32.0 Å². The summed E-state index contributed by atoms with van der Waals surface area (Å²) in [4.78, 5) is 6.70. The standard InChI is InChI=1S/C15H23N3/c1-7-8-18(6)14-10-12(11-16-5)9-13(17-14)15(2,3)4/h1,9-10,16H,8,11H2,2-6H3. The van der Waals surface area contributed by atoms with Crippen molar-refractivity contribution in [2.24, 2.45) is 0 Å². The van der Waals surface area contributed by atoms with E-state index in [0.29, 0.717) is 6.54 Å². The highest BCUT2D eigenvalue weighted by Gasteiger charge is 2.17. The lowest BCUT2D eigenvalue weighted by atomic mass is 9.90. The van der Waals surface area contributed by atoms with Gasteiger partial charge < -0.3 is 10.2 Å². The Kier molecular flexibility index (Phi) is 4.75. The summed E-state index contributed by atoms with van der Waals surface area (Å²) >= 11 is 0. The van der Waals surface area contributed by atoms with E-state index >= 15 is 0 Å². The third-order valence-corrected chi connectivity index (χ3v) is 2.74. The SMILES string of the molecule is C#CCN(C)c1cc(CNC)cc(C(C)(C)C)n1. The Morgan fingerprint density at radius 3 is 2.56 bits per heavy atom. The first-order valence-electron chi connectivity index (χ1n) is 6.19. The van der Waals surface area contributed by atoms with Gasteiger partial charge in [-0.25, -0.2) is 4.98 Å². The van der Waals surface area contributed by atoms with Gasteiger partial charge in [-0.3, -0.25) is 0 Å². The third kappa shape index (κ3) is 3.75. The Hall–Kier alpha value is -1.53. The second-order valence-corrected chi connectivity index (χ2v) is 5.56. The second-order valence-electron chi connectivity index (χ2n) is 5.56. The summed E-state index contributed by atoms with van der Waals surface area (Å²) in [5.74, 6) is 3.58. The number of anilines is 1. The zero-order chi connectivity index (χ0) is 13.8. The maximum Gasteiger partial charge on any atom is 0.129 e. The molecule has 0 aliphatic carbocycles. The molecule has 0 saturated carbocycles. The Balaban J connectivity index is 3.18. The topological polar surface area (TPSA) is 28.2 Å². The van der Waals surface area contributed by atoms with Crippen LogP contribution in [0, 0.1) is 12.3 Å². The van der Waals surface area contributed by atoms with E-state index in [-0.39, 0.29) is 5.41 Å².